The van der Waals surface area contributed by atoms with Gasteiger partial charge >= 0.3 is 0 Å². The third-order valence-corrected chi connectivity index (χ3v) is 2.95. The van der Waals surface area contributed by atoms with Crippen molar-refractivity contribution in [1.29, 1.82) is 0 Å². The summed E-state index contributed by atoms with van der Waals surface area (Å²) in [7, 11) is 0. The third-order valence-electron chi connectivity index (χ3n) is 2.95. The lowest BCUT2D eigenvalue weighted by molar-refractivity contribution is 0.262. The van der Waals surface area contributed by atoms with E-state index in [0.717, 1.165) is 0 Å². The first-order chi connectivity index (χ1) is 9.02. The van der Waals surface area contributed by atoms with Crippen molar-refractivity contribution in [3.05, 3.63) is 35.4 Å². The Labute approximate surface area is 111 Å². The minimum atomic E-state index is -0.262. The lowest BCUT2D eigenvalue weighted by Gasteiger charge is -2.12. The lowest BCUT2D eigenvalue weighted by Crippen LogP contribution is -2.10. The SMILES string of the molecule is Cc1ccc(-c2nnc(CO)n2CC(C)C)cc1F. The molecule has 102 valence electrons. The van der Waals surface area contributed by atoms with Crippen LogP contribution in [0.5, 0.6) is 0 Å². The second kappa shape index (κ2) is 5.48. The molecule has 5 heteroatoms. The van der Waals surface area contributed by atoms with E-state index in [4.69, 9.17) is 0 Å². The highest BCUT2D eigenvalue weighted by Crippen LogP contribution is 2.22. The number of aliphatic hydroxyl groups is 1. The second-order valence-corrected chi connectivity index (χ2v) is 5.07. The lowest BCUT2D eigenvalue weighted by atomic mass is 10.1. The van der Waals surface area contributed by atoms with Crippen molar-refractivity contribution >= 4 is 0 Å². The van der Waals surface area contributed by atoms with Gasteiger partial charge in [-0.1, -0.05) is 26.0 Å². The molecule has 0 aliphatic carbocycles. The van der Waals surface area contributed by atoms with Gasteiger partial charge in [0.05, 0.1) is 0 Å². The standard InChI is InChI=1S/C14H18FN3O/c1-9(2)7-18-13(8-19)16-17-14(18)11-5-4-10(3)12(15)6-11/h4-6,9,19H,7-8H2,1-3H3. The van der Waals surface area contributed by atoms with Gasteiger partial charge in [0.15, 0.2) is 11.6 Å². The van der Waals surface area contributed by atoms with Gasteiger partial charge in [0, 0.05) is 12.1 Å². The monoisotopic (exact) mass is 263 g/mol. The van der Waals surface area contributed by atoms with Crippen molar-refractivity contribution in [3.8, 4) is 11.4 Å². The van der Waals surface area contributed by atoms with Gasteiger partial charge in [-0.15, -0.1) is 10.2 Å². The van der Waals surface area contributed by atoms with E-state index in [-0.39, 0.29) is 12.4 Å². The van der Waals surface area contributed by atoms with Gasteiger partial charge in [0.25, 0.3) is 0 Å². The van der Waals surface area contributed by atoms with Crippen LogP contribution in [0.15, 0.2) is 18.2 Å². The van der Waals surface area contributed by atoms with Gasteiger partial charge in [-0.05, 0) is 24.5 Å². The normalized spacial score (nSPS) is 11.3. The van der Waals surface area contributed by atoms with Gasteiger partial charge < -0.3 is 9.67 Å². The number of hydrogen-bond acceptors (Lipinski definition) is 3. The molecule has 0 spiro atoms. The Balaban J connectivity index is 2.48. The molecule has 1 heterocycles. The Morgan fingerprint density at radius 2 is 2.05 bits per heavy atom. The molecule has 1 aromatic heterocycles. The Morgan fingerprint density at radius 3 is 2.63 bits per heavy atom. The Hall–Kier alpha value is -1.75. The summed E-state index contributed by atoms with van der Waals surface area (Å²) >= 11 is 0. The zero-order valence-corrected chi connectivity index (χ0v) is 11.4. The van der Waals surface area contributed by atoms with Crippen LogP contribution < -0.4 is 0 Å². The number of nitrogens with zero attached hydrogens (tertiary/aromatic N) is 3. The van der Waals surface area contributed by atoms with Gasteiger partial charge in [-0.3, -0.25) is 0 Å². The number of aromatic nitrogens is 3. The van der Waals surface area contributed by atoms with Gasteiger partial charge in [0.1, 0.15) is 12.4 Å². The summed E-state index contributed by atoms with van der Waals surface area (Å²) in [5.41, 5.74) is 1.28. The highest BCUT2D eigenvalue weighted by atomic mass is 19.1. The largest absolute Gasteiger partial charge is 0.388 e. The summed E-state index contributed by atoms with van der Waals surface area (Å²) < 4.78 is 15.5. The summed E-state index contributed by atoms with van der Waals surface area (Å²) in [6.45, 7) is 6.38. The predicted octanol–water partition coefficient (Wildman–Crippen LogP) is 2.54. The summed E-state index contributed by atoms with van der Waals surface area (Å²) in [6, 6.07) is 5.00. The van der Waals surface area contributed by atoms with Crippen LogP contribution in [0.25, 0.3) is 11.4 Å². The minimum Gasteiger partial charge on any atom is -0.388 e. The molecule has 1 N–H and O–H groups in total. The fraction of sp³-hybridized carbons (Fsp3) is 0.429. The second-order valence-electron chi connectivity index (χ2n) is 5.07. The van der Waals surface area contributed by atoms with E-state index in [0.29, 0.717) is 35.2 Å². The molecular weight excluding hydrogens is 245 g/mol. The molecule has 19 heavy (non-hydrogen) atoms. The summed E-state index contributed by atoms with van der Waals surface area (Å²) in [6.07, 6.45) is 0. The molecule has 2 aromatic rings. The third kappa shape index (κ3) is 2.81. The van der Waals surface area contributed by atoms with Crippen LogP contribution in [-0.2, 0) is 13.2 Å². The summed E-state index contributed by atoms with van der Waals surface area (Å²) in [5, 5.41) is 17.3. The van der Waals surface area contributed by atoms with Crippen molar-refractivity contribution < 1.29 is 9.50 Å². The zero-order chi connectivity index (χ0) is 14.0. The molecule has 0 bridgehead atoms. The Kier molecular flexibility index (Phi) is 3.95. The Bertz CT molecular complexity index is 578. The number of halogens is 1. The maximum atomic E-state index is 13.6. The molecule has 0 atom stereocenters. The van der Waals surface area contributed by atoms with E-state index < -0.39 is 0 Å². The first-order valence-electron chi connectivity index (χ1n) is 6.32. The first kappa shape index (κ1) is 13.7. The van der Waals surface area contributed by atoms with Crippen molar-refractivity contribution in [3.63, 3.8) is 0 Å². The van der Waals surface area contributed by atoms with Crippen LogP contribution in [0.4, 0.5) is 4.39 Å². The van der Waals surface area contributed by atoms with Crippen molar-refractivity contribution in [2.75, 3.05) is 0 Å². The summed E-state index contributed by atoms with van der Waals surface area (Å²) in [4.78, 5) is 0. The maximum Gasteiger partial charge on any atom is 0.164 e. The highest BCUT2D eigenvalue weighted by Gasteiger charge is 2.15. The van der Waals surface area contributed by atoms with Gasteiger partial charge in [0.2, 0.25) is 0 Å². The fourth-order valence-corrected chi connectivity index (χ4v) is 1.95. The molecule has 0 saturated heterocycles. The van der Waals surface area contributed by atoms with Crippen LogP contribution >= 0.6 is 0 Å². The average molecular weight is 263 g/mol. The molecule has 0 saturated carbocycles. The molecule has 0 radical (unpaired) electrons. The van der Waals surface area contributed by atoms with Crippen LogP contribution in [-0.4, -0.2) is 19.9 Å². The van der Waals surface area contributed by atoms with Crippen molar-refractivity contribution in [2.24, 2.45) is 5.92 Å². The number of aliphatic hydroxyl groups excluding tert-OH is 1. The number of hydrogen-bond donors (Lipinski definition) is 1. The molecule has 0 aliphatic rings. The van der Waals surface area contributed by atoms with E-state index >= 15 is 0 Å². The van der Waals surface area contributed by atoms with Crippen LogP contribution in [0.3, 0.4) is 0 Å². The molecule has 0 unspecified atom stereocenters. The minimum absolute atomic E-state index is 0.173. The number of rotatable bonds is 4. The zero-order valence-electron chi connectivity index (χ0n) is 11.4. The number of benzene rings is 1. The molecule has 2 rings (SSSR count). The van der Waals surface area contributed by atoms with Gasteiger partial charge in [-0.25, -0.2) is 4.39 Å². The molecule has 4 nitrogen and oxygen atoms in total. The van der Waals surface area contributed by atoms with Gasteiger partial charge in [-0.2, -0.15) is 0 Å². The van der Waals surface area contributed by atoms with Crippen molar-refractivity contribution in [2.45, 2.75) is 33.9 Å². The quantitative estimate of drug-likeness (QED) is 0.922. The number of aryl methyl sites for hydroxylation is 1. The van der Waals surface area contributed by atoms with E-state index in [1.807, 2.05) is 10.6 Å². The van der Waals surface area contributed by atoms with Crippen LogP contribution in [0.2, 0.25) is 0 Å². The first-order valence-corrected chi connectivity index (χ1v) is 6.32. The molecule has 0 aliphatic heterocycles. The molecular formula is C14H18FN3O. The van der Waals surface area contributed by atoms with E-state index in [1.54, 1.807) is 13.0 Å². The molecule has 0 amide bonds. The average Bonchev–Trinajstić information content (AvgIpc) is 2.75. The topological polar surface area (TPSA) is 50.9 Å². The molecule has 0 fully saturated rings. The fourth-order valence-electron chi connectivity index (χ4n) is 1.95. The van der Waals surface area contributed by atoms with E-state index in [9.17, 15) is 9.50 Å². The van der Waals surface area contributed by atoms with E-state index in [2.05, 4.69) is 24.0 Å². The highest BCUT2D eigenvalue weighted by molar-refractivity contribution is 5.56. The van der Waals surface area contributed by atoms with Crippen molar-refractivity contribution in [1.82, 2.24) is 14.8 Å². The Morgan fingerprint density at radius 1 is 1.32 bits per heavy atom. The van der Waals surface area contributed by atoms with Crippen LogP contribution in [0.1, 0.15) is 25.2 Å². The predicted molar refractivity (Wildman–Crippen MR) is 70.9 cm³/mol. The maximum absolute atomic E-state index is 13.6. The smallest absolute Gasteiger partial charge is 0.164 e. The summed E-state index contributed by atoms with van der Waals surface area (Å²) in [5.74, 6) is 1.22. The van der Waals surface area contributed by atoms with E-state index in [1.165, 1.54) is 6.07 Å². The molecule has 1 aromatic carbocycles. The van der Waals surface area contributed by atoms with Crippen LogP contribution in [0, 0.1) is 18.7 Å².